The lowest BCUT2D eigenvalue weighted by Crippen LogP contribution is -2.46. The maximum atomic E-state index is 12.1. The molecule has 0 saturated heterocycles. The van der Waals surface area contributed by atoms with Gasteiger partial charge in [-0.1, -0.05) is 23.7 Å². The minimum absolute atomic E-state index is 0.194. The molecule has 0 unspecified atom stereocenters. The average molecular weight is 240 g/mol. The van der Waals surface area contributed by atoms with Crippen LogP contribution in [-0.4, -0.2) is 30.3 Å². The van der Waals surface area contributed by atoms with Gasteiger partial charge in [0.05, 0.1) is 5.54 Å². The second kappa shape index (κ2) is 4.98. The molecular weight excluding hydrogens is 222 g/mol. The molecule has 0 aliphatic rings. The van der Waals surface area contributed by atoms with Crippen LogP contribution in [0.4, 0.5) is 0 Å². The molecule has 0 saturated carbocycles. The topological polar surface area (TPSA) is 20.3 Å². The first kappa shape index (κ1) is 13.2. The fraction of sp³-hybridized carbons (Fsp3) is 0.462. The number of benzene rings is 1. The zero-order valence-corrected chi connectivity index (χ0v) is 11.0. The summed E-state index contributed by atoms with van der Waals surface area (Å²) in [4.78, 5) is 14.0. The van der Waals surface area contributed by atoms with Gasteiger partial charge in [0, 0.05) is 11.4 Å². The van der Waals surface area contributed by atoms with Crippen LogP contribution >= 0.6 is 11.6 Å². The third-order valence-corrected chi connectivity index (χ3v) is 3.29. The Morgan fingerprint density at radius 2 is 2.00 bits per heavy atom. The number of ketones is 1. The molecule has 0 atom stereocenters. The van der Waals surface area contributed by atoms with E-state index in [1.807, 2.05) is 57.1 Å². The SMILES string of the molecule is CN(C)C(C)(C)C(=O)Cc1cccc(Cl)c1. The highest BCUT2D eigenvalue weighted by Crippen LogP contribution is 2.17. The molecule has 0 N–H and O–H groups in total. The second-order valence-corrected chi connectivity index (χ2v) is 5.12. The van der Waals surface area contributed by atoms with Gasteiger partial charge in [0.1, 0.15) is 0 Å². The Hall–Kier alpha value is -0.860. The van der Waals surface area contributed by atoms with Gasteiger partial charge in [-0.15, -0.1) is 0 Å². The summed E-state index contributed by atoms with van der Waals surface area (Å²) in [5.41, 5.74) is 0.523. The van der Waals surface area contributed by atoms with Crippen molar-refractivity contribution in [3.05, 3.63) is 34.9 Å². The van der Waals surface area contributed by atoms with Crippen LogP contribution in [0.5, 0.6) is 0 Å². The van der Waals surface area contributed by atoms with Gasteiger partial charge in [-0.2, -0.15) is 0 Å². The van der Waals surface area contributed by atoms with Crippen LogP contribution in [0, 0.1) is 0 Å². The molecule has 0 bridgehead atoms. The van der Waals surface area contributed by atoms with Crippen LogP contribution in [-0.2, 0) is 11.2 Å². The highest BCUT2D eigenvalue weighted by Gasteiger charge is 2.29. The number of nitrogens with zero attached hydrogens (tertiary/aromatic N) is 1. The fourth-order valence-electron chi connectivity index (χ4n) is 1.30. The smallest absolute Gasteiger partial charge is 0.156 e. The van der Waals surface area contributed by atoms with Gasteiger partial charge in [-0.05, 0) is 45.6 Å². The summed E-state index contributed by atoms with van der Waals surface area (Å²) in [5, 5.41) is 0.674. The molecule has 0 aliphatic carbocycles. The third kappa shape index (κ3) is 3.06. The molecule has 0 spiro atoms. The van der Waals surface area contributed by atoms with Crippen molar-refractivity contribution in [2.45, 2.75) is 25.8 Å². The zero-order valence-electron chi connectivity index (χ0n) is 10.2. The van der Waals surface area contributed by atoms with Gasteiger partial charge in [0.25, 0.3) is 0 Å². The maximum Gasteiger partial charge on any atom is 0.156 e. The Balaban J connectivity index is 2.79. The lowest BCUT2D eigenvalue weighted by atomic mass is 9.92. The van der Waals surface area contributed by atoms with E-state index < -0.39 is 5.54 Å². The molecule has 1 aromatic rings. The fourth-order valence-corrected chi connectivity index (χ4v) is 1.51. The van der Waals surface area contributed by atoms with Crippen LogP contribution < -0.4 is 0 Å². The van der Waals surface area contributed by atoms with Gasteiger partial charge in [-0.3, -0.25) is 9.69 Å². The van der Waals surface area contributed by atoms with Crippen molar-refractivity contribution in [2.75, 3.05) is 14.1 Å². The van der Waals surface area contributed by atoms with Crippen LogP contribution in [0.3, 0.4) is 0 Å². The number of hydrogen-bond donors (Lipinski definition) is 0. The summed E-state index contributed by atoms with van der Waals surface area (Å²) in [6.45, 7) is 3.86. The first-order chi connectivity index (χ1) is 7.34. The monoisotopic (exact) mass is 239 g/mol. The summed E-state index contributed by atoms with van der Waals surface area (Å²) in [6, 6.07) is 7.45. The lowest BCUT2D eigenvalue weighted by Gasteiger charge is -2.30. The van der Waals surface area contributed by atoms with Gasteiger partial charge in [0.2, 0.25) is 0 Å². The van der Waals surface area contributed by atoms with Crippen molar-refractivity contribution in [3.63, 3.8) is 0 Å². The summed E-state index contributed by atoms with van der Waals surface area (Å²) in [5.74, 6) is 0.194. The van der Waals surface area contributed by atoms with Crippen LogP contribution in [0.2, 0.25) is 5.02 Å². The molecule has 0 heterocycles. The molecule has 0 radical (unpaired) electrons. The molecule has 0 aliphatic heterocycles. The largest absolute Gasteiger partial charge is 0.298 e. The molecule has 1 rings (SSSR count). The Morgan fingerprint density at radius 1 is 1.38 bits per heavy atom. The molecule has 88 valence electrons. The normalized spacial score (nSPS) is 11.9. The summed E-state index contributed by atoms with van der Waals surface area (Å²) in [7, 11) is 3.83. The number of Topliss-reactive ketones (excluding diaryl/α,β-unsaturated/α-hetero) is 1. The minimum atomic E-state index is -0.442. The third-order valence-electron chi connectivity index (χ3n) is 3.05. The number of carbonyl (C=O) groups excluding carboxylic acids is 1. The molecule has 16 heavy (non-hydrogen) atoms. The molecule has 0 amide bonds. The quantitative estimate of drug-likeness (QED) is 0.806. The molecular formula is C13H18ClNO. The van der Waals surface area contributed by atoms with Crippen molar-refractivity contribution in [1.29, 1.82) is 0 Å². The van der Waals surface area contributed by atoms with E-state index in [1.54, 1.807) is 0 Å². The molecule has 0 aromatic heterocycles. The van der Waals surface area contributed by atoms with Gasteiger partial charge in [-0.25, -0.2) is 0 Å². The van der Waals surface area contributed by atoms with Crippen molar-refractivity contribution in [2.24, 2.45) is 0 Å². The van der Waals surface area contributed by atoms with E-state index in [2.05, 4.69) is 0 Å². The van der Waals surface area contributed by atoms with Gasteiger partial charge >= 0.3 is 0 Å². The van der Waals surface area contributed by atoms with Crippen LogP contribution in [0.1, 0.15) is 19.4 Å². The van der Waals surface area contributed by atoms with Crippen molar-refractivity contribution < 1.29 is 4.79 Å². The van der Waals surface area contributed by atoms with E-state index in [0.29, 0.717) is 11.4 Å². The minimum Gasteiger partial charge on any atom is -0.298 e. The number of halogens is 1. The predicted molar refractivity (Wildman–Crippen MR) is 67.9 cm³/mol. The number of rotatable bonds is 4. The van der Waals surface area contributed by atoms with Crippen molar-refractivity contribution >= 4 is 17.4 Å². The lowest BCUT2D eigenvalue weighted by molar-refractivity contribution is -0.127. The second-order valence-electron chi connectivity index (χ2n) is 4.68. The zero-order chi connectivity index (χ0) is 12.3. The maximum absolute atomic E-state index is 12.1. The number of likely N-dealkylation sites (N-methyl/N-ethyl adjacent to an activating group) is 1. The van der Waals surface area contributed by atoms with E-state index in [0.717, 1.165) is 5.56 Å². The van der Waals surface area contributed by atoms with Crippen LogP contribution in [0.15, 0.2) is 24.3 Å². The highest BCUT2D eigenvalue weighted by molar-refractivity contribution is 6.30. The summed E-state index contributed by atoms with van der Waals surface area (Å²) < 4.78 is 0. The summed E-state index contributed by atoms with van der Waals surface area (Å²) >= 11 is 5.88. The van der Waals surface area contributed by atoms with Crippen molar-refractivity contribution in [1.82, 2.24) is 4.90 Å². The first-order valence-electron chi connectivity index (χ1n) is 5.29. The number of hydrogen-bond acceptors (Lipinski definition) is 2. The molecule has 2 nitrogen and oxygen atoms in total. The Labute approximate surface area is 102 Å². The van der Waals surface area contributed by atoms with Crippen LogP contribution in [0.25, 0.3) is 0 Å². The number of carbonyl (C=O) groups is 1. The van der Waals surface area contributed by atoms with E-state index in [9.17, 15) is 4.79 Å². The van der Waals surface area contributed by atoms with Crippen molar-refractivity contribution in [3.8, 4) is 0 Å². The van der Waals surface area contributed by atoms with Gasteiger partial charge < -0.3 is 0 Å². The molecule has 1 aromatic carbocycles. The summed E-state index contributed by atoms with van der Waals surface area (Å²) in [6.07, 6.45) is 0.422. The molecule has 0 fully saturated rings. The van der Waals surface area contributed by atoms with E-state index in [-0.39, 0.29) is 5.78 Å². The average Bonchev–Trinajstić information content (AvgIpc) is 2.17. The Kier molecular flexibility index (Phi) is 4.11. The van der Waals surface area contributed by atoms with E-state index >= 15 is 0 Å². The first-order valence-corrected chi connectivity index (χ1v) is 5.67. The highest BCUT2D eigenvalue weighted by atomic mass is 35.5. The molecule has 3 heteroatoms. The van der Waals surface area contributed by atoms with E-state index in [4.69, 9.17) is 11.6 Å². The predicted octanol–water partition coefficient (Wildman–Crippen LogP) is 2.79. The van der Waals surface area contributed by atoms with Gasteiger partial charge in [0.15, 0.2) is 5.78 Å². The van der Waals surface area contributed by atoms with E-state index in [1.165, 1.54) is 0 Å². The standard InChI is InChI=1S/C13H18ClNO/c1-13(2,15(3)4)12(16)9-10-6-5-7-11(14)8-10/h5-8H,9H2,1-4H3. The Bertz CT molecular complexity index is 385. The Morgan fingerprint density at radius 3 is 2.50 bits per heavy atom.